The van der Waals surface area contributed by atoms with Gasteiger partial charge in [-0.05, 0) is 30.3 Å². The van der Waals surface area contributed by atoms with E-state index in [4.69, 9.17) is 9.47 Å². The number of carbonyl (C=O) groups is 3. The van der Waals surface area contributed by atoms with Crippen LogP contribution >= 0.6 is 0 Å². The lowest BCUT2D eigenvalue weighted by molar-refractivity contribution is -0.122. The fourth-order valence-electron chi connectivity index (χ4n) is 3.35. The topological polar surface area (TPSA) is 97.0 Å². The molecule has 4 rings (SSSR count). The van der Waals surface area contributed by atoms with Crippen molar-refractivity contribution in [1.82, 2.24) is 0 Å². The van der Waals surface area contributed by atoms with Gasteiger partial charge in [0, 0.05) is 42.5 Å². The zero-order valence-electron chi connectivity index (χ0n) is 15.9. The van der Waals surface area contributed by atoms with E-state index in [-0.39, 0.29) is 37.5 Å². The molecule has 2 aliphatic heterocycles. The molecule has 1 unspecified atom stereocenters. The second-order valence-electron chi connectivity index (χ2n) is 6.91. The number of anilines is 3. The molecule has 2 N–H and O–H groups in total. The first-order valence-corrected chi connectivity index (χ1v) is 9.44. The van der Waals surface area contributed by atoms with E-state index in [1.165, 1.54) is 0 Å². The molecule has 0 spiro atoms. The number of rotatable bonds is 5. The summed E-state index contributed by atoms with van der Waals surface area (Å²) in [5.74, 6) is 0.309. The smallest absolute Gasteiger partial charge is 0.231 e. The molecule has 0 saturated carbocycles. The first kappa shape index (κ1) is 18.8. The van der Waals surface area contributed by atoms with Gasteiger partial charge in [-0.1, -0.05) is 13.0 Å². The Balaban J connectivity index is 1.42. The van der Waals surface area contributed by atoms with E-state index in [1.54, 1.807) is 54.3 Å². The van der Waals surface area contributed by atoms with Gasteiger partial charge in [-0.15, -0.1) is 0 Å². The Morgan fingerprint density at radius 1 is 1.07 bits per heavy atom. The van der Waals surface area contributed by atoms with Gasteiger partial charge >= 0.3 is 0 Å². The molecule has 2 aromatic rings. The van der Waals surface area contributed by atoms with Crippen molar-refractivity contribution in [3.63, 3.8) is 0 Å². The second-order valence-corrected chi connectivity index (χ2v) is 6.91. The molecule has 2 aromatic carbocycles. The van der Waals surface area contributed by atoms with E-state index < -0.39 is 5.92 Å². The van der Waals surface area contributed by atoms with Crippen LogP contribution < -0.4 is 25.0 Å². The highest BCUT2D eigenvalue weighted by Crippen LogP contribution is 2.37. The fourth-order valence-corrected chi connectivity index (χ4v) is 3.35. The van der Waals surface area contributed by atoms with Crippen LogP contribution in [0.3, 0.4) is 0 Å². The van der Waals surface area contributed by atoms with Crippen LogP contribution in [0.25, 0.3) is 0 Å². The van der Waals surface area contributed by atoms with Crippen molar-refractivity contribution >= 4 is 34.8 Å². The van der Waals surface area contributed by atoms with E-state index >= 15 is 0 Å². The molecule has 1 fully saturated rings. The summed E-state index contributed by atoms with van der Waals surface area (Å²) in [4.78, 5) is 38.3. The van der Waals surface area contributed by atoms with Gasteiger partial charge in [0.15, 0.2) is 11.5 Å². The minimum atomic E-state index is -0.471. The third kappa shape index (κ3) is 4.01. The van der Waals surface area contributed by atoms with Crippen molar-refractivity contribution in [2.24, 2.45) is 5.92 Å². The minimum absolute atomic E-state index is 0.103. The van der Waals surface area contributed by atoms with Crippen molar-refractivity contribution < 1.29 is 23.9 Å². The quantitative estimate of drug-likeness (QED) is 0.811. The number of hydrogen-bond donors (Lipinski definition) is 2. The van der Waals surface area contributed by atoms with Crippen molar-refractivity contribution in [3.8, 4) is 11.5 Å². The molecule has 1 saturated heterocycles. The number of nitrogens with zero attached hydrogens (tertiary/aromatic N) is 1. The molecule has 3 amide bonds. The van der Waals surface area contributed by atoms with Crippen LogP contribution in [0, 0.1) is 5.92 Å². The average molecular weight is 395 g/mol. The van der Waals surface area contributed by atoms with E-state index in [0.717, 1.165) is 0 Å². The summed E-state index contributed by atoms with van der Waals surface area (Å²) in [6.07, 6.45) is 0.503. The Kier molecular flexibility index (Phi) is 5.07. The Hall–Kier alpha value is -3.55. The number of nitrogens with one attached hydrogen (secondary N) is 2. The predicted molar refractivity (Wildman–Crippen MR) is 107 cm³/mol. The van der Waals surface area contributed by atoms with Crippen LogP contribution in [0.1, 0.15) is 19.8 Å². The lowest BCUT2D eigenvalue weighted by atomic mass is 10.1. The molecule has 8 nitrogen and oxygen atoms in total. The third-order valence-corrected chi connectivity index (χ3v) is 4.90. The summed E-state index contributed by atoms with van der Waals surface area (Å²) in [6, 6.07) is 12.2. The number of benzene rings is 2. The average Bonchev–Trinajstić information content (AvgIpc) is 3.34. The summed E-state index contributed by atoms with van der Waals surface area (Å²) in [7, 11) is 0. The third-order valence-electron chi connectivity index (χ3n) is 4.90. The van der Waals surface area contributed by atoms with Crippen LogP contribution in [-0.2, 0) is 14.4 Å². The van der Waals surface area contributed by atoms with E-state index in [2.05, 4.69) is 10.6 Å². The molecule has 2 heterocycles. The highest BCUT2D eigenvalue weighted by Gasteiger charge is 2.35. The normalized spacial score (nSPS) is 17.3. The van der Waals surface area contributed by atoms with Crippen LogP contribution in [0.4, 0.5) is 17.1 Å². The van der Waals surface area contributed by atoms with Gasteiger partial charge in [0.1, 0.15) is 0 Å². The lowest BCUT2D eigenvalue weighted by Gasteiger charge is -2.17. The van der Waals surface area contributed by atoms with Gasteiger partial charge < -0.3 is 25.0 Å². The van der Waals surface area contributed by atoms with Crippen molar-refractivity contribution in [2.75, 3.05) is 28.9 Å². The Labute approximate surface area is 167 Å². The van der Waals surface area contributed by atoms with E-state index in [9.17, 15) is 14.4 Å². The number of ether oxygens (including phenoxy) is 2. The molecule has 1 atom stereocenters. The highest BCUT2D eigenvalue weighted by molar-refractivity contribution is 6.04. The zero-order valence-corrected chi connectivity index (χ0v) is 15.9. The summed E-state index contributed by atoms with van der Waals surface area (Å²) in [5, 5.41) is 5.59. The molecule has 150 valence electrons. The Morgan fingerprint density at radius 2 is 1.83 bits per heavy atom. The lowest BCUT2D eigenvalue weighted by Crippen LogP contribution is -2.28. The second kappa shape index (κ2) is 7.83. The highest BCUT2D eigenvalue weighted by atomic mass is 16.7. The van der Waals surface area contributed by atoms with Gasteiger partial charge in [0.05, 0.1) is 5.92 Å². The first-order chi connectivity index (χ1) is 14.0. The SMILES string of the molecule is CCC(=O)Nc1cccc(NC(=O)C2CC(=O)N(c3ccc4c(c3)OCO4)C2)c1. The summed E-state index contributed by atoms with van der Waals surface area (Å²) >= 11 is 0. The summed E-state index contributed by atoms with van der Waals surface area (Å²) in [5.41, 5.74) is 1.86. The predicted octanol–water partition coefficient (Wildman–Crippen LogP) is 2.76. The number of carbonyl (C=O) groups excluding carboxylic acids is 3. The number of amides is 3. The number of hydrogen-bond acceptors (Lipinski definition) is 5. The maximum atomic E-state index is 12.7. The van der Waals surface area contributed by atoms with Crippen molar-refractivity contribution in [1.29, 1.82) is 0 Å². The molecule has 0 aliphatic carbocycles. The van der Waals surface area contributed by atoms with Gasteiger partial charge in [-0.3, -0.25) is 14.4 Å². The summed E-state index contributed by atoms with van der Waals surface area (Å²) < 4.78 is 10.7. The molecule has 0 bridgehead atoms. The van der Waals surface area contributed by atoms with Crippen LogP contribution in [-0.4, -0.2) is 31.1 Å². The first-order valence-electron chi connectivity index (χ1n) is 9.44. The molecular weight excluding hydrogens is 374 g/mol. The van der Waals surface area contributed by atoms with Gasteiger partial charge in [0.2, 0.25) is 24.5 Å². The number of fused-ring (bicyclic) bond motifs is 1. The Bertz CT molecular complexity index is 975. The maximum absolute atomic E-state index is 12.7. The molecular formula is C21H21N3O5. The maximum Gasteiger partial charge on any atom is 0.231 e. The molecule has 0 radical (unpaired) electrons. The van der Waals surface area contributed by atoms with Crippen LogP contribution in [0.15, 0.2) is 42.5 Å². The Morgan fingerprint density at radius 3 is 2.62 bits per heavy atom. The zero-order chi connectivity index (χ0) is 20.4. The van der Waals surface area contributed by atoms with Crippen molar-refractivity contribution in [3.05, 3.63) is 42.5 Å². The van der Waals surface area contributed by atoms with Crippen LogP contribution in [0.5, 0.6) is 11.5 Å². The van der Waals surface area contributed by atoms with Crippen LogP contribution in [0.2, 0.25) is 0 Å². The van der Waals surface area contributed by atoms with Gasteiger partial charge in [-0.25, -0.2) is 0 Å². The summed E-state index contributed by atoms with van der Waals surface area (Å²) in [6.45, 7) is 2.22. The largest absolute Gasteiger partial charge is 0.454 e. The fraction of sp³-hybridized carbons (Fsp3) is 0.286. The molecule has 2 aliphatic rings. The monoisotopic (exact) mass is 395 g/mol. The van der Waals surface area contributed by atoms with Crippen molar-refractivity contribution in [2.45, 2.75) is 19.8 Å². The molecule has 29 heavy (non-hydrogen) atoms. The van der Waals surface area contributed by atoms with Gasteiger partial charge in [0.25, 0.3) is 0 Å². The molecule has 8 heteroatoms. The van der Waals surface area contributed by atoms with Gasteiger partial charge in [-0.2, -0.15) is 0 Å². The van der Waals surface area contributed by atoms with E-state index in [0.29, 0.717) is 35.0 Å². The van der Waals surface area contributed by atoms with E-state index in [1.807, 2.05) is 0 Å². The minimum Gasteiger partial charge on any atom is -0.454 e. The molecule has 0 aromatic heterocycles. The standard InChI is InChI=1S/C21H21N3O5/c1-2-19(25)22-14-4-3-5-15(9-14)23-21(27)13-8-20(26)24(11-13)16-6-7-17-18(10-16)29-12-28-17/h3-7,9-10,13H,2,8,11-12H2,1H3,(H,22,25)(H,23,27).